The maximum Gasteiger partial charge on any atom is 0.337 e. The molecule has 0 fully saturated rings. The highest BCUT2D eigenvalue weighted by molar-refractivity contribution is 6.39. The Kier molecular flexibility index (Phi) is 6.18. The van der Waals surface area contributed by atoms with E-state index in [0.29, 0.717) is 17.9 Å². The Balaban J connectivity index is 2.53. The van der Waals surface area contributed by atoms with Gasteiger partial charge in [0.1, 0.15) is 0 Å². The van der Waals surface area contributed by atoms with Crippen LogP contribution in [0, 0.1) is 0 Å². The van der Waals surface area contributed by atoms with Gasteiger partial charge in [0.2, 0.25) is 0 Å². The summed E-state index contributed by atoms with van der Waals surface area (Å²) >= 11 is 0. The van der Waals surface area contributed by atoms with Crippen LogP contribution in [-0.4, -0.2) is 45.2 Å². The van der Waals surface area contributed by atoms with Crippen molar-refractivity contribution >= 4 is 23.5 Å². The average Bonchev–Trinajstić information content (AvgIpc) is 2.47. The van der Waals surface area contributed by atoms with Crippen LogP contribution in [0.1, 0.15) is 10.4 Å². The van der Waals surface area contributed by atoms with Crippen LogP contribution in [0.4, 0.5) is 5.69 Å². The number of carbonyl (C=O) groups excluding carboxylic acids is 3. The van der Waals surface area contributed by atoms with Crippen LogP contribution in [0.25, 0.3) is 0 Å². The Bertz CT molecular complexity index is 484. The van der Waals surface area contributed by atoms with E-state index >= 15 is 0 Å². The van der Waals surface area contributed by atoms with Crippen molar-refractivity contribution in [3.8, 4) is 0 Å². The van der Waals surface area contributed by atoms with Gasteiger partial charge in [0.05, 0.1) is 19.3 Å². The zero-order valence-corrected chi connectivity index (χ0v) is 11.3. The number of rotatable bonds is 5. The van der Waals surface area contributed by atoms with Crippen molar-refractivity contribution in [3.05, 3.63) is 29.8 Å². The van der Waals surface area contributed by atoms with E-state index < -0.39 is 17.8 Å². The fourth-order valence-corrected chi connectivity index (χ4v) is 1.34. The summed E-state index contributed by atoms with van der Waals surface area (Å²) < 4.78 is 9.29. The van der Waals surface area contributed by atoms with E-state index in [1.807, 2.05) is 0 Å². The molecule has 0 bridgehead atoms. The molecule has 0 heterocycles. The largest absolute Gasteiger partial charge is 0.465 e. The Labute approximate surface area is 116 Å². The predicted molar refractivity (Wildman–Crippen MR) is 71.3 cm³/mol. The van der Waals surface area contributed by atoms with Crippen molar-refractivity contribution in [1.29, 1.82) is 0 Å². The van der Waals surface area contributed by atoms with Gasteiger partial charge in [-0.3, -0.25) is 9.59 Å². The highest BCUT2D eigenvalue weighted by atomic mass is 16.5. The molecule has 1 aromatic rings. The second-order valence-corrected chi connectivity index (χ2v) is 3.77. The third-order valence-electron chi connectivity index (χ3n) is 2.36. The van der Waals surface area contributed by atoms with Crippen LogP contribution < -0.4 is 10.6 Å². The molecule has 1 aromatic carbocycles. The van der Waals surface area contributed by atoms with Crippen molar-refractivity contribution in [2.75, 3.05) is 32.7 Å². The van der Waals surface area contributed by atoms with Gasteiger partial charge in [0.15, 0.2) is 0 Å². The number of hydrogen-bond donors (Lipinski definition) is 2. The summed E-state index contributed by atoms with van der Waals surface area (Å²) in [6, 6.07) is 5.99. The number of methoxy groups -OCH3 is 2. The zero-order chi connectivity index (χ0) is 15.0. The Morgan fingerprint density at radius 1 is 1.05 bits per heavy atom. The summed E-state index contributed by atoms with van der Waals surface area (Å²) in [5, 5.41) is 4.80. The van der Waals surface area contributed by atoms with E-state index in [1.165, 1.54) is 38.5 Å². The van der Waals surface area contributed by atoms with Gasteiger partial charge in [0.25, 0.3) is 0 Å². The van der Waals surface area contributed by atoms with Gasteiger partial charge in [-0.1, -0.05) is 0 Å². The first-order valence-corrected chi connectivity index (χ1v) is 5.85. The zero-order valence-electron chi connectivity index (χ0n) is 11.3. The monoisotopic (exact) mass is 280 g/mol. The lowest BCUT2D eigenvalue weighted by Gasteiger charge is -2.06. The van der Waals surface area contributed by atoms with Crippen molar-refractivity contribution in [2.24, 2.45) is 0 Å². The first kappa shape index (κ1) is 15.6. The first-order valence-electron chi connectivity index (χ1n) is 5.85. The SMILES string of the molecule is COCCNC(=O)C(=O)Nc1ccc(C(=O)OC)cc1. The van der Waals surface area contributed by atoms with Crippen LogP contribution in [0.3, 0.4) is 0 Å². The van der Waals surface area contributed by atoms with Gasteiger partial charge in [0, 0.05) is 19.3 Å². The molecule has 7 nitrogen and oxygen atoms in total. The molecule has 0 aliphatic rings. The molecule has 0 spiro atoms. The molecule has 0 radical (unpaired) electrons. The molecule has 0 unspecified atom stereocenters. The lowest BCUT2D eigenvalue weighted by molar-refractivity contribution is -0.136. The maximum atomic E-state index is 11.5. The summed E-state index contributed by atoms with van der Waals surface area (Å²) in [5.41, 5.74) is 0.764. The minimum Gasteiger partial charge on any atom is -0.465 e. The van der Waals surface area contributed by atoms with Crippen LogP contribution >= 0.6 is 0 Å². The summed E-state index contributed by atoms with van der Waals surface area (Å²) in [6.45, 7) is 0.580. The number of esters is 1. The highest BCUT2D eigenvalue weighted by Crippen LogP contribution is 2.10. The lowest BCUT2D eigenvalue weighted by Crippen LogP contribution is -2.37. The van der Waals surface area contributed by atoms with E-state index in [-0.39, 0.29) is 6.54 Å². The van der Waals surface area contributed by atoms with E-state index in [4.69, 9.17) is 4.74 Å². The molecule has 0 aromatic heterocycles. The Morgan fingerprint density at radius 2 is 1.70 bits per heavy atom. The molecule has 0 atom stereocenters. The van der Waals surface area contributed by atoms with Gasteiger partial charge >= 0.3 is 17.8 Å². The highest BCUT2D eigenvalue weighted by Gasteiger charge is 2.13. The third kappa shape index (κ3) is 4.69. The van der Waals surface area contributed by atoms with Gasteiger partial charge in [-0.25, -0.2) is 4.79 Å². The number of carbonyl (C=O) groups is 3. The first-order chi connectivity index (χ1) is 9.58. The number of nitrogens with one attached hydrogen (secondary N) is 2. The molecule has 2 amide bonds. The minimum absolute atomic E-state index is 0.254. The smallest absolute Gasteiger partial charge is 0.337 e. The van der Waals surface area contributed by atoms with E-state index in [1.54, 1.807) is 0 Å². The quantitative estimate of drug-likeness (QED) is 0.456. The lowest BCUT2D eigenvalue weighted by atomic mass is 10.2. The van der Waals surface area contributed by atoms with Crippen LogP contribution in [0.2, 0.25) is 0 Å². The van der Waals surface area contributed by atoms with E-state index in [0.717, 1.165) is 0 Å². The molecular formula is C13H16N2O5. The van der Waals surface area contributed by atoms with Crippen molar-refractivity contribution in [3.63, 3.8) is 0 Å². The van der Waals surface area contributed by atoms with Crippen LogP contribution in [0.15, 0.2) is 24.3 Å². The predicted octanol–water partition coefficient (Wildman–Crippen LogP) is 0.174. The summed E-state index contributed by atoms with van der Waals surface area (Å²) in [6.07, 6.45) is 0. The minimum atomic E-state index is -0.785. The molecule has 0 saturated carbocycles. The molecule has 108 valence electrons. The fourth-order valence-electron chi connectivity index (χ4n) is 1.34. The van der Waals surface area contributed by atoms with Crippen molar-refractivity contribution in [1.82, 2.24) is 5.32 Å². The summed E-state index contributed by atoms with van der Waals surface area (Å²) in [7, 11) is 2.78. The number of anilines is 1. The second-order valence-electron chi connectivity index (χ2n) is 3.77. The van der Waals surface area contributed by atoms with Gasteiger partial charge in [-0.05, 0) is 24.3 Å². The molecule has 20 heavy (non-hydrogen) atoms. The number of ether oxygens (including phenoxy) is 2. The fraction of sp³-hybridized carbons (Fsp3) is 0.308. The average molecular weight is 280 g/mol. The van der Waals surface area contributed by atoms with E-state index in [2.05, 4.69) is 15.4 Å². The van der Waals surface area contributed by atoms with Crippen molar-refractivity contribution in [2.45, 2.75) is 0 Å². The molecule has 0 aliphatic carbocycles. The van der Waals surface area contributed by atoms with Crippen LogP contribution in [0.5, 0.6) is 0 Å². The summed E-state index contributed by atoms with van der Waals surface area (Å²) in [5.74, 6) is -2.01. The normalized spacial score (nSPS) is 9.70. The molecule has 7 heteroatoms. The molecule has 1 rings (SSSR count). The number of benzene rings is 1. The van der Waals surface area contributed by atoms with Gasteiger partial charge < -0.3 is 20.1 Å². The Morgan fingerprint density at radius 3 is 2.25 bits per heavy atom. The van der Waals surface area contributed by atoms with Gasteiger partial charge in [-0.15, -0.1) is 0 Å². The molecule has 0 aliphatic heterocycles. The maximum absolute atomic E-state index is 11.5. The molecule has 0 saturated heterocycles. The molecular weight excluding hydrogens is 264 g/mol. The second kappa shape index (κ2) is 7.90. The summed E-state index contributed by atoms with van der Waals surface area (Å²) in [4.78, 5) is 34.1. The third-order valence-corrected chi connectivity index (χ3v) is 2.36. The standard InChI is InChI=1S/C13H16N2O5/c1-19-8-7-14-11(16)12(17)15-10-5-3-9(4-6-10)13(18)20-2/h3-6H,7-8H2,1-2H3,(H,14,16)(H,15,17). The van der Waals surface area contributed by atoms with Crippen molar-refractivity contribution < 1.29 is 23.9 Å². The van der Waals surface area contributed by atoms with E-state index in [9.17, 15) is 14.4 Å². The van der Waals surface area contributed by atoms with Gasteiger partial charge in [-0.2, -0.15) is 0 Å². The molecule has 2 N–H and O–H groups in total. The number of hydrogen-bond acceptors (Lipinski definition) is 5. The Hall–Kier alpha value is -2.41. The van der Waals surface area contributed by atoms with Crippen LogP contribution in [-0.2, 0) is 19.1 Å². The number of amides is 2. The topological polar surface area (TPSA) is 93.7 Å².